The van der Waals surface area contributed by atoms with Crippen molar-refractivity contribution in [2.24, 2.45) is 4.99 Å². The Hall–Kier alpha value is -3.70. The van der Waals surface area contributed by atoms with Crippen molar-refractivity contribution < 1.29 is 19.0 Å². The van der Waals surface area contributed by atoms with Crippen LogP contribution in [0.15, 0.2) is 35.5 Å². The van der Waals surface area contributed by atoms with Crippen molar-refractivity contribution in [3.05, 3.63) is 41.6 Å². The van der Waals surface area contributed by atoms with Gasteiger partial charge >= 0.3 is 0 Å². The van der Waals surface area contributed by atoms with E-state index in [-0.39, 0.29) is 5.60 Å². The molecule has 5 rings (SSSR count). The topological polar surface area (TPSA) is 129 Å². The number of nitrogens with two attached hydrogens (primary N) is 1. The lowest BCUT2D eigenvalue weighted by Crippen LogP contribution is -2.48. The molecule has 1 saturated heterocycles. The number of carbonyl (C=O) groups is 1. The molecule has 4 heterocycles. The zero-order chi connectivity index (χ0) is 26.0. The molecule has 0 spiro atoms. The Morgan fingerprint density at radius 3 is 2.89 bits per heavy atom. The highest BCUT2D eigenvalue weighted by Crippen LogP contribution is 2.37. The zero-order valence-corrected chi connectivity index (χ0v) is 21.5. The first-order valence-electron chi connectivity index (χ1n) is 12.5. The van der Waals surface area contributed by atoms with Gasteiger partial charge in [0.05, 0.1) is 31.5 Å². The zero-order valence-electron chi connectivity index (χ0n) is 21.5. The summed E-state index contributed by atoms with van der Waals surface area (Å²) in [5.41, 5.74) is 6.73. The molecular weight excluding hydrogens is 474 g/mol. The van der Waals surface area contributed by atoms with Gasteiger partial charge in [-0.2, -0.15) is 4.99 Å². The molecule has 0 aliphatic carbocycles. The van der Waals surface area contributed by atoms with E-state index in [1.165, 1.54) is 6.20 Å². The van der Waals surface area contributed by atoms with Gasteiger partial charge in [-0.25, -0.2) is 9.97 Å². The fourth-order valence-electron chi connectivity index (χ4n) is 4.81. The number of aromatic nitrogens is 3. The van der Waals surface area contributed by atoms with Gasteiger partial charge in [-0.15, -0.1) is 0 Å². The maximum absolute atomic E-state index is 12.8. The molecule has 196 valence electrons. The molecule has 0 atom stereocenters. The maximum Gasteiger partial charge on any atom is 0.281 e. The molecular formula is C26H33N7O4. The number of ether oxygens (including phenoxy) is 3. The van der Waals surface area contributed by atoms with Crippen LogP contribution in [0.25, 0.3) is 10.9 Å². The molecule has 2 aliphatic heterocycles. The number of nitrogens with one attached hydrogen (secondary N) is 1. The molecule has 1 amide bonds. The number of rotatable bonds is 7. The Labute approximate surface area is 215 Å². The molecule has 37 heavy (non-hydrogen) atoms. The van der Waals surface area contributed by atoms with Crippen LogP contribution in [0, 0.1) is 0 Å². The summed E-state index contributed by atoms with van der Waals surface area (Å²) in [4.78, 5) is 28.3. The largest absolute Gasteiger partial charge is 0.491 e. The fraction of sp³-hybridized carbons (Fsp3) is 0.462. The smallest absolute Gasteiger partial charge is 0.281 e. The summed E-state index contributed by atoms with van der Waals surface area (Å²) < 4.78 is 19.6. The highest BCUT2D eigenvalue weighted by Gasteiger charge is 2.27. The SMILES string of the molecule is COc1c(OCCCN2CCOC(C)(C)C2)ccc2c3n(c(=NC(=O)c4ccc(N)nc4)nc12)CCN3. The fourth-order valence-corrected chi connectivity index (χ4v) is 4.81. The van der Waals surface area contributed by atoms with Crippen LogP contribution in [0.4, 0.5) is 11.6 Å². The molecule has 3 aromatic rings. The van der Waals surface area contributed by atoms with E-state index < -0.39 is 5.91 Å². The number of fused-ring (bicyclic) bond motifs is 3. The summed E-state index contributed by atoms with van der Waals surface area (Å²) in [5.74, 6) is 1.85. The Bertz CT molecular complexity index is 1370. The molecule has 1 fully saturated rings. The predicted molar refractivity (Wildman–Crippen MR) is 140 cm³/mol. The predicted octanol–water partition coefficient (Wildman–Crippen LogP) is 2.07. The minimum absolute atomic E-state index is 0.118. The Morgan fingerprint density at radius 2 is 2.14 bits per heavy atom. The lowest BCUT2D eigenvalue weighted by molar-refractivity contribution is -0.0864. The summed E-state index contributed by atoms with van der Waals surface area (Å²) in [6.45, 7) is 9.64. The lowest BCUT2D eigenvalue weighted by Gasteiger charge is -2.38. The number of nitrogens with zero attached hydrogens (tertiary/aromatic N) is 5. The van der Waals surface area contributed by atoms with Crippen LogP contribution in [0.1, 0.15) is 30.6 Å². The second-order valence-corrected chi connectivity index (χ2v) is 9.81. The van der Waals surface area contributed by atoms with E-state index in [0.29, 0.717) is 53.7 Å². The summed E-state index contributed by atoms with van der Waals surface area (Å²) in [5, 5.41) is 4.25. The highest BCUT2D eigenvalue weighted by atomic mass is 16.5. The molecule has 2 aliphatic rings. The van der Waals surface area contributed by atoms with Crippen molar-refractivity contribution in [3.63, 3.8) is 0 Å². The van der Waals surface area contributed by atoms with Gasteiger partial charge in [-0.3, -0.25) is 14.3 Å². The van der Waals surface area contributed by atoms with Crippen molar-refractivity contribution in [2.45, 2.75) is 32.4 Å². The Balaban J connectivity index is 1.40. The Kier molecular flexibility index (Phi) is 6.98. The van der Waals surface area contributed by atoms with Crippen LogP contribution in [0.3, 0.4) is 0 Å². The standard InChI is InChI=1S/C26H33N7O4/c1-26(2)16-32(12-14-37-26)10-4-13-36-19-7-6-18-21(22(19)35-3)30-25(33-11-9-28-23(18)33)31-24(34)17-5-8-20(27)29-15-17/h5-8,15,28H,4,9-14,16H2,1-3H3,(H2,27,29). The minimum Gasteiger partial charge on any atom is -0.491 e. The molecule has 2 aromatic heterocycles. The summed E-state index contributed by atoms with van der Waals surface area (Å²) in [7, 11) is 1.59. The monoisotopic (exact) mass is 507 g/mol. The average molecular weight is 508 g/mol. The normalized spacial score (nSPS) is 17.4. The van der Waals surface area contributed by atoms with Crippen molar-refractivity contribution >= 4 is 28.4 Å². The number of nitrogen functional groups attached to an aromatic ring is 1. The van der Waals surface area contributed by atoms with Crippen molar-refractivity contribution in [1.29, 1.82) is 0 Å². The van der Waals surface area contributed by atoms with E-state index >= 15 is 0 Å². The first kappa shape index (κ1) is 25.0. The molecule has 11 nitrogen and oxygen atoms in total. The number of anilines is 2. The average Bonchev–Trinajstić information content (AvgIpc) is 3.37. The minimum atomic E-state index is -0.446. The van der Waals surface area contributed by atoms with Gasteiger partial charge in [0.1, 0.15) is 17.2 Å². The van der Waals surface area contributed by atoms with E-state index in [9.17, 15) is 4.79 Å². The van der Waals surface area contributed by atoms with Gasteiger partial charge in [-0.1, -0.05) is 0 Å². The first-order chi connectivity index (χ1) is 17.8. The van der Waals surface area contributed by atoms with Gasteiger partial charge in [0, 0.05) is 44.3 Å². The number of methoxy groups -OCH3 is 1. The number of amides is 1. The van der Waals surface area contributed by atoms with E-state index in [0.717, 1.165) is 43.9 Å². The molecule has 11 heteroatoms. The van der Waals surface area contributed by atoms with Gasteiger partial charge in [0.15, 0.2) is 11.5 Å². The van der Waals surface area contributed by atoms with E-state index in [1.54, 1.807) is 19.2 Å². The van der Waals surface area contributed by atoms with Crippen LogP contribution < -0.4 is 26.1 Å². The van der Waals surface area contributed by atoms with E-state index in [1.807, 2.05) is 16.7 Å². The van der Waals surface area contributed by atoms with Crippen LogP contribution in [0.2, 0.25) is 0 Å². The van der Waals surface area contributed by atoms with Gasteiger partial charge < -0.3 is 25.3 Å². The van der Waals surface area contributed by atoms with Gasteiger partial charge in [0.2, 0.25) is 5.62 Å². The van der Waals surface area contributed by atoms with Crippen LogP contribution in [-0.2, 0) is 11.3 Å². The van der Waals surface area contributed by atoms with Crippen molar-refractivity contribution in [3.8, 4) is 11.5 Å². The number of carbonyl (C=O) groups excluding carboxylic acids is 1. The van der Waals surface area contributed by atoms with Crippen molar-refractivity contribution in [2.75, 3.05) is 57.6 Å². The van der Waals surface area contributed by atoms with E-state index in [4.69, 9.17) is 24.9 Å². The second-order valence-electron chi connectivity index (χ2n) is 9.81. The molecule has 1 aromatic carbocycles. The van der Waals surface area contributed by atoms with Crippen LogP contribution >= 0.6 is 0 Å². The highest BCUT2D eigenvalue weighted by molar-refractivity contribution is 5.96. The van der Waals surface area contributed by atoms with Crippen LogP contribution in [0.5, 0.6) is 11.5 Å². The second kappa shape index (κ2) is 10.3. The summed E-state index contributed by atoms with van der Waals surface area (Å²) in [6.07, 6.45) is 2.28. The maximum atomic E-state index is 12.8. The number of pyridine rings is 1. The quantitative estimate of drug-likeness (QED) is 0.462. The van der Waals surface area contributed by atoms with Gasteiger partial charge in [0.25, 0.3) is 5.91 Å². The third kappa shape index (κ3) is 5.37. The third-order valence-corrected chi connectivity index (χ3v) is 6.52. The molecule has 0 unspecified atom stereocenters. The van der Waals surface area contributed by atoms with Crippen molar-refractivity contribution in [1.82, 2.24) is 19.4 Å². The molecule has 0 bridgehead atoms. The summed E-state index contributed by atoms with van der Waals surface area (Å²) in [6, 6.07) is 7.04. The first-order valence-corrected chi connectivity index (χ1v) is 12.5. The lowest BCUT2D eigenvalue weighted by atomic mass is 10.1. The number of morpholine rings is 1. The Morgan fingerprint density at radius 1 is 1.27 bits per heavy atom. The van der Waals surface area contributed by atoms with Gasteiger partial charge in [-0.05, 0) is 44.5 Å². The molecule has 0 radical (unpaired) electrons. The number of benzene rings is 1. The van der Waals surface area contributed by atoms with E-state index in [2.05, 4.69) is 34.0 Å². The third-order valence-electron chi connectivity index (χ3n) is 6.52. The number of hydrogen-bond acceptors (Lipinski definition) is 9. The number of hydrogen-bond donors (Lipinski definition) is 2. The summed E-state index contributed by atoms with van der Waals surface area (Å²) >= 11 is 0. The molecule has 0 saturated carbocycles. The molecule has 3 N–H and O–H groups in total. The van der Waals surface area contributed by atoms with Crippen LogP contribution in [-0.4, -0.2) is 77.4 Å².